The van der Waals surface area contributed by atoms with Gasteiger partial charge < -0.3 is 11.1 Å². The van der Waals surface area contributed by atoms with Crippen LogP contribution in [0.25, 0.3) is 0 Å². The van der Waals surface area contributed by atoms with Gasteiger partial charge in [-0.05, 0) is 5.25 Å². The summed E-state index contributed by atoms with van der Waals surface area (Å²) >= 11 is 1.64. The van der Waals surface area contributed by atoms with E-state index in [-0.39, 0.29) is 24.2 Å². The van der Waals surface area contributed by atoms with E-state index in [4.69, 9.17) is 5.73 Å². The van der Waals surface area contributed by atoms with Crippen molar-refractivity contribution in [1.29, 1.82) is 0 Å². The van der Waals surface area contributed by atoms with Crippen LogP contribution in [0, 0.1) is 5.92 Å². The zero-order valence-electron chi connectivity index (χ0n) is 10.4. The first kappa shape index (κ1) is 15.4. The van der Waals surface area contributed by atoms with Crippen LogP contribution < -0.4 is 11.1 Å². The minimum Gasteiger partial charge on any atom is -0.348 e. The van der Waals surface area contributed by atoms with Crippen LogP contribution in [-0.4, -0.2) is 35.3 Å². The molecule has 0 aromatic rings. The molecule has 4 nitrogen and oxygen atoms in total. The normalized spacial score (nSPS) is 12.9. The molecule has 0 fully saturated rings. The lowest BCUT2D eigenvalue weighted by Gasteiger charge is -2.13. The molecule has 0 radical (unpaired) electrons. The molecule has 0 saturated heterocycles. The molecule has 0 heterocycles. The van der Waals surface area contributed by atoms with Crippen molar-refractivity contribution >= 4 is 23.5 Å². The van der Waals surface area contributed by atoms with E-state index in [1.54, 1.807) is 11.8 Å². The summed E-state index contributed by atoms with van der Waals surface area (Å²) < 4.78 is 0. The van der Waals surface area contributed by atoms with Crippen LogP contribution in [0.1, 0.15) is 27.7 Å². The fraction of sp³-hybridized carbons (Fsp3) is 0.818. The maximum absolute atomic E-state index is 11.5. The van der Waals surface area contributed by atoms with E-state index in [0.29, 0.717) is 11.0 Å². The molecule has 1 amide bonds. The summed E-state index contributed by atoms with van der Waals surface area (Å²) in [5, 5.41) is 3.02. The zero-order valence-corrected chi connectivity index (χ0v) is 11.3. The molecule has 0 bridgehead atoms. The number of nitrogens with two attached hydrogens (primary N) is 1. The van der Waals surface area contributed by atoms with Gasteiger partial charge in [-0.2, -0.15) is 11.8 Å². The second kappa shape index (κ2) is 7.68. The monoisotopic (exact) mass is 246 g/mol. The highest BCUT2D eigenvalue weighted by Crippen LogP contribution is 2.09. The number of nitrogens with one attached hydrogen (secondary N) is 1. The largest absolute Gasteiger partial charge is 0.348 e. The third kappa shape index (κ3) is 6.85. The Kier molecular flexibility index (Phi) is 7.42. The molecule has 16 heavy (non-hydrogen) atoms. The zero-order chi connectivity index (χ0) is 12.7. The van der Waals surface area contributed by atoms with Gasteiger partial charge in [0.05, 0.1) is 12.6 Å². The lowest BCUT2D eigenvalue weighted by molar-refractivity contribution is -0.126. The topological polar surface area (TPSA) is 72.2 Å². The minimum atomic E-state index is -0.535. The summed E-state index contributed by atoms with van der Waals surface area (Å²) in [6.07, 6.45) is 0. The number of hydrogen-bond acceptors (Lipinski definition) is 4. The predicted octanol–water partition coefficient (Wildman–Crippen LogP) is 0.797. The number of hydrogen-bond donors (Lipinski definition) is 2. The fourth-order valence-corrected chi connectivity index (χ4v) is 1.62. The van der Waals surface area contributed by atoms with Crippen LogP contribution in [0.2, 0.25) is 0 Å². The first-order chi connectivity index (χ1) is 7.34. The standard InChI is InChI=1S/C11H22N2O2S/c1-7(2)10(14)5-13-11(15)9(12)6-16-8(3)4/h7-9H,5-6,12H2,1-4H3,(H,13,15)/t9-/m1/s1. The number of rotatable bonds is 7. The average Bonchev–Trinajstić information content (AvgIpc) is 2.21. The maximum Gasteiger partial charge on any atom is 0.238 e. The molecule has 0 aromatic heterocycles. The molecule has 0 spiro atoms. The third-order valence-electron chi connectivity index (χ3n) is 2.03. The van der Waals surface area contributed by atoms with Gasteiger partial charge in [-0.3, -0.25) is 9.59 Å². The van der Waals surface area contributed by atoms with Gasteiger partial charge in [0.15, 0.2) is 5.78 Å². The number of carbonyl (C=O) groups is 2. The highest BCUT2D eigenvalue weighted by Gasteiger charge is 2.15. The molecule has 3 N–H and O–H groups in total. The van der Waals surface area contributed by atoms with Gasteiger partial charge in [0.25, 0.3) is 0 Å². The molecule has 0 aliphatic carbocycles. The molecule has 1 atom stereocenters. The van der Waals surface area contributed by atoms with E-state index in [2.05, 4.69) is 19.2 Å². The summed E-state index contributed by atoms with van der Waals surface area (Å²) in [5.74, 6) is 0.306. The van der Waals surface area contributed by atoms with Crippen LogP contribution in [0.5, 0.6) is 0 Å². The minimum absolute atomic E-state index is 0.0251. The van der Waals surface area contributed by atoms with Crippen molar-refractivity contribution in [3.05, 3.63) is 0 Å². The van der Waals surface area contributed by atoms with Gasteiger partial charge in [0, 0.05) is 11.7 Å². The van der Waals surface area contributed by atoms with Crippen LogP contribution in [-0.2, 0) is 9.59 Å². The van der Waals surface area contributed by atoms with Crippen LogP contribution in [0.3, 0.4) is 0 Å². The molecule has 5 heteroatoms. The van der Waals surface area contributed by atoms with Gasteiger partial charge in [0.2, 0.25) is 5.91 Å². The quantitative estimate of drug-likeness (QED) is 0.697. The van der Waals surface area contributed by atoms with Gasteiger partial charge in [0.1, 0.15) is 0 Å². The van der Waals surface area contributed by atoms with E-state index in [9.17, 15) is 9.59 Å². The molecular weight excluding hydrogens is 224 g/mol. The molecule has 0 aromatic carbocycles. The summed E-state index contributed by atoms with van der Waals surface area (Å²) in [4.78, 5) is 22.8. The summed E-state index contributed by atoms with van der Waals surface area (Å²) in [5.41, 5.74) is 5.68. The predicted molar refractivity (Wildman–Crippen MR) is 68.4 cm³/mol. The van der Waals surface area contributed by atoms with Crippen molar-refractivity contribution in [3.8, 4) is 0 Å². The molecule has 94 valence electrons. The van der Waals surface area contributed by atoms with Crippen molar-refractivity contribution in [2.45, 2.75) is 39.0 Å². The number of Topliss-reactive ketones (excluding diaryl/α,β-unsaturated/α-hetero) is 1. The highest BCUT2D eigenvalue weighted by atomic mass is 32.2. The SMILES string of the molecule is CC(C)SC[C@@H](N)C(=O)NCC(=O)C(C)C. The fourth-order valence-electron chi connectivity index (χ4n) is 0.881. The van der Waals surface area contributed by atoms with Crippen LogP contribution in [0.15, 0.2) is 0 Å². The summed E-state index contributed by atoms with van der Waals surface area (Å²) in [6.45, 7) is 7.80. The Morgan fingerprint density at radius 3 is 2.25 bits per heavy atom. The van der Waals surface area contributed by atoms with Gasteiger partial charge >= 0.3 is 0 Å². The van der Waals surface area contributed by atoms with E-state index in [0.717, 1.165) is 0 Å². The smallest absolute Gasteiger partial charge is 0.238 e. The summed E-state index contributed by atoms with van der Waals surface area (Å²) in [7, 11) is 0. The molecule has 0 saturated carbocycles. The Hall–Kier alpha value is -0.550. The Balaban J connectivity index is 3.84. The second-order valence-electron chi connectivity index (χ2n) is 4.33. The van der Waals surface area contributed by atoms with Gasteiger partial charge in [-0.25, -0.2) is 0 Å². The third-order valence-corrected chi connectivity index (χ3v) is 3.24. The van der Waals surface area contributed by atoms with E-state index >= 15 is 0 Å². The van der Waals surface area contributed by atoms with Crippen molar-refractivity contribution in [3.63, 3.8) is 0 Å². The first-order valence-electron chi connectivity index (χ1n) is 5.52. The average molecular weight is 246 g/mol. The first-order valence-corrected chi connectivity index (χ1v) is 6.57. The van der Waals surface area contributed by atoms with E-state index < -0.39 is 6.04 Å². The number of carbonyl (C=O) groups excluding carboxylic acids is 2. The van der Waals surface area contributed by atoms with Crippen LogP contribution in [0.4, 0.5) is 0 Å². The van der Waals surface area contributed by atoms with Crippen molar-refractivity contribution < 1.29 is 9.59 Å². The van der Waals surface area contributed by atoms with Gasteiger partial charge in [-0.15, -0.1) is 0 Å². The molecule has 0 unspecified atom stereocenters. The van der Waals surface area contributed by atoms with E-state index in [1.165, 1.54) is 0 Å². The highest BCUT2D eigenvalue weighted by molar-refractivity contribution is 7.99. The van der Waals surface area contributed by atoms with Crippen molar-refractivity contribution in [1.82, 2.24) is 5.32 Å². The Morgan fingerprint density at radius 1 is 1.25 bits per heavy atom. The molecular formula is C11H22N2O2S. The van der Waals surface area contributed by atoms with E-state index in [1.807, 2.05) is 13.8 Å². The Labute approximate surface area is 102 Å². The molecule has 0 aliphatic heterocycles. The van der Waals surface area contributed by atoms with Crippen molar-refractivity contribution in [2.75, 3.05) is 12.3 Å². The molecule has 0 aliphatic rings. The lowest BCUT2D eigenvalue weighted by Crippen LogP contribution is -2.44. The van der Waals surface area contributed by atoms with Crippen molar-refractivity contribution in [2.24, 2.45) is 11.7 Å². The number of thioether (sulfide) groups is 1. The molecule has 0 rings (SSSR count). The van der Waals surface area contributed by atoms with Crippen LogP contribution >= 0.6 is 11.8 Å². The lowest BCUT2D eigenvalue weighted by atomic mass is 10.1. The Morgan fingerprint density at radius 2 is 1.81 bits per heavy atom. The summed E-state index contributed by atoms with van der Waals surface area (Å²) in [6, 6.07) is -0.535. The number of amides is 1. The second-order valence-corrected chi connectivity index (χ2v) is 5.94. The Bertz CT molecular complexity index is 242. The number of ketones is 1. The van der Waals surface area contributed by atoms with Gasteiger partial charge in [-0.1, -0.05) is 27.7 Å². The maximum atomic E-state index is 11.5.